The van der Waals surface area contributed by atoms with Crippen molar-refractivity contribution in [2.45, 2.75) is 6.54 Å². The zero-order valence-electron chi connectivity index (χ0n) is 17.1. The molecule has 0 saturated carbocycles. The van der Waals surface area contributed by atoms with Gasteiger partial charge in [0.25, 0.3) is 11.6 Å². The molecule has 0 radical (unpaired) electrons. The maximum absolute atomic E-state index is 12.6. The number of hydrogen-bond acceptors (Lipinski definition) is 6. The molecule has 0 heterocycles. The average molecular weight is 419 g/mol. The van der Waals surface area contributed by atoms with Crippen molar-refractivity contribution >= 4 is 28.9 Å². The van der Waals surface area contributed by atoms with Gasteiger partial charge in [0, 0.05) is 42.7 Å². The fraction of sp³-hybridized carbons (Fsp3) is 0.130. The lowest BCUT2D eigenvalue weighted by atomic mass is 10.1. The lowest BCUT2D eigenvalue weighted by molar-refractivity contribution is -0.384. The van der Waals surface area contributed by atoms with Gasteiger partial charge in [0.05, 0.1) is 17.6 Å². The third-order valence-corrected chi connectivity index (χ3v) is 4.64. The summed E-state index contributed by atoms with van der Waals surface area (Å²) in [6.45, 7) is 0.733. The van der Waals surface area contributed by atoms with E-state index >= 15 is 0 Å². The number of nitro benzene ring substituents is 1. The number of ether oxygens (including phenoxy) is 1. The Morgan fingerprint density at radius 3 is 2.26 bits per heavy atom. The summed E-state index contributed by atoms with van der Waals surface area (Å²) in [5, 5.41) is 13.8. The molecular weight excluding hydrogens is 398 g/mol. The molecular formula is C23H21N3O5. The summed E-state index contributed by atoms with van der Waals surface area (Å²) in [5.41, 5.74) is 2.21. The lowest BCUT2D eigenvalue weighted by Gasteiger charge is -2.20. The number of hydrogen-bond donors (Lipinski definition) is 1. The van der Waals surface area contributed by atoms with E-state index in [0.717, 1.165) is 31.5 Å². The highest BCUT2D eigenvalue weighted by Crippen LogP contribution is 2.22. The second-order valence-electron chi connectivity index (χ2n) is 6.86. The number of carbonyl (C=O) groups is 2. The Bertz CT molecular complexity index is 1100. The molecule has 3 aromatic carbocycles. The minimum Gasteiger partial charge on any atom is -0.465 e. The molecule has 0 aliphatic rings. The van der Waals surface area contributed by atoms with E-state index in [2.05, 4.69) is 15.0 Å². The molecule has 0 saturated heterocycles. The van der Waals surface area contributed by atoms with Gasteiger partial charge in [-0.1, -0.05) is 30.3 Å². The number of methoxy groups -OCH3 is 1. The van der Waals surface area contributed by atoms with Crippen molar-refractivity contribution in [2.75, 3.05) is 24.4 Å². The standard InChI is InChI=1S/C23H21N3O5/c1-25(15-16-6-4-3-5-7-16)20-10-8-19(9-11-20)24-22(27)17-12-18(23(28)31-2)14-21(13-17)26(29)30/h3-14H,15H2,1-2H3,(H,24,27). The molecule has 3 aromatic rings. The van der Waals surface area contributed by atoms with Crippen molar-refractivity contribution in [1.29, 1.82) is 0 Å². The van der Waals surface area contributed by atoms with E-state index < -0.39 is 16.8 Å². The molecule has 8 nitrogen and oxygen atoms in total. The SMILES string of the molecule is COC(=O)c1cc(C(=O)Nc2ccc(N(C)Cc3ccccc3)cc2)cc([N+](=O)[O-])c1. The molecule has 0 unspecified atom stereocenters. The first-order valence-electron chi connectivity index (χ1n) is 9.41. The zero-order valence-corrected chi connectivity index (χ0v) is 17.1. The first-order chi connectivity index (χ1) is 14.9. The van der Waals surface area contributed by atoms with Gasteiger partial charge in [0.1, 0.15) is 0 Å². The van der Waals surface area contributed by atoms with Crippen LogP contribution < -0.4 is 10.2 Å². The number of nitro groups is 1. The Hall–Kier alpha value is -4.20. The second kappa shape index (κ2) is 9.53. The van der Waals surface area contributed by atoms with Gasteiger partial charge in [0.15, 0.2) is 0 Å². The molecule has 0 atom stereocenters. The molecule has 0 aromatic heterocycles. The van der Waals surface area contributed by atoms with Gasteiger partial charge >= 0.3 is 5.97 Å². The molecule has 1 amide bonds. The third-order valence-electron chi connectivity index (χ3n) is 4.64. The normalized spacial score (nSPS) is 10.3. The van der Waals surface area contributed by atoms with Gasteiger partial charge in [0.2, 0.25) is 0 Å². The molecule has 31 heavy (non-hydrogen) atoms. The van der Waals surface area contributed by atoms with Crippen molar-refractivity contribution < 1.29 is 19.2 Å². The molecule has 0 spiro atoms. The largest absolute Gasteiger partial charge is 0.465 e. The number of non-ortho nitro benzene ring substituents is 1. The molecule has 1 N–H and O–H groups in total. The number of carbonyl (C=O) groups excluding carboxylic acids is 2. The van der Waals surface area contributed by atoms with Gasteiger partial charge in [-0.3, -0.25) is 14.9 Å². The summed E-state index contributed by atoms with van der Waals surface area (Å²) in [6.07, 6.45) is 0. The van der Waals surface area contributed by atoms with Gasteiger partial charge in [-0.2, -0.15) is 0 Å². The molecule has 0 aliphatic heterocycles. The van der Waals surface area contributed by atoms with Crippen LogP contribution in [0.5, 0.6) is 0 Å². The van der Waals surface area contributed by atoms with E-state index in [0.29, 0.717) is 5.69 Å². The molecule has 3 rings (SSSR count). The highest BCUT2D eigenvalue weighted by molar-refractivity contribution is 6.06. The number of anilines is 2. The summed E-state index contributed by atoms with van der Waals surface area (Å²) < 4.78 is 4.60. The monoisotopic (exact) mass is 419 g/mol. The minimum atomic E-state index is -0.761. The predicted octanol–water partition coefficient (Wildman–Crippen LogP) is 4.27. The Morgan fingerprint density at radius 1 is 1.00 bits per heavy atom. The van der Waals surface area contributed by atoms with Gasteiger partial charge < -0.3 is 15.0 Å². The van der Waals surface area contributed by atoms with Crippen molar-refractivity contribution in [3.05, 3.63) is 99.6 Å². The van der Waals surface area contributed by atoms with Crippen LogP contribution in [0, 0.1) is 10.1 Å². The molecule has 158 valence electrons. The van der Waals surface area contributed by atoms with E-state index in [4.69, 9.17) is 0 Å². The van der Waals surface area contributed by atoms with Crippen molar-refractivity contribution in [1.82, 2.24) is 0 Å². The Morgan fingerprint density at radius 2 is 1.65 bits per heavy atom. The third kappa shape index (κ3) is 5.45. The van der Waals surface area contributed by atoms with E-state index in [1.165, 1.54) is 11.6 Å². The van der Waals surface area contributed by atoms with Crippen LogP contribution in [0.15, 0.2) is 72.8 Å². The molecule has 0 fully saturated rings. The van der Waals surface area contributed by atoms with Crippen LogP contribution in [0.3, 0.4) is 0 Å². The number of esters is 1. The predicted molar refractivity (Wildman–Crippen MR) is 117 cm³/mol. The van der Waals surface area contributed by atoms with Crippen molar-refractivity contribution in [3.63, 3.8) is 0 Å². The first kappa shape index (κ1) is 21.5. The highest BCUT2D eigenvalue weighted by Gasteiger charge is 2.18. The van der Waals surface area contributed by atoms with E-state index in [1.54, 1.807) is 12.1 Å². The van der Waals surface area contributed by atoms with E-state index in [9.17, 15) is 19.7 Å². The Labute approximate surface area is 179 Å². The van der Waals surface area contributed by atoms with Gasteiger partial charge in [-0.15, -0.1) is 0 Å². The lowest BCUT2D eigenvalue weighted by Crippen LogP contribution is -2.16. The van der Waals surface area contributed by atoms with Gasteiger partial charge in [-0.05, 0) is 35.9 Å². The van der Waals surface area contributed by atoms with Crippen LogP contribution in [-0.4, -0.2) is 31.0 Å². The molecule has 8 heteroatoms. The summed E-state index contributed by atoms with van der Waals surface area (Å²) in [6, 6.07) is 20.7. The second-order valence-corrected chi connectivity index (χ2v) is 6.86. The topological polar surface area (TPSA) is 102 Å². The maximum Gasteiger partial charge on any atom is 0.338 e. The number of benzene rings is 3. The summed E-state index contributed by atoms with van der Waals surface area (Å²) in [4.78, 5) is 36.9. The molecule has 0 aliphatic carbocycles. The van der Waals surface area contributed by atoms with Crippen LogP contribution in [0.2, 0.25) is 0 Å². The van der Waals surface area contributed by atoms with Crippen LogP contribution in [-0.2, 0) is 11.3 Å². The Kier molecular flexibility index (Phi) is 6.61. The maximum atomic E-state index is 12.6. The highest BCUT2D eigenvalue weighted by atomic mass is 16.6. The van der Waals surface area contributed by atoms with Gasteiger partial charge in [-0.25, -0.2) is 4.79 Å². The van der Waals surface area contributed by atoms with Crippen LogP contribution >= 0.6 is 0 Å². The summed E-state index contributed by atoms with van der Waals surface area (Å²) in [7, 11) is 3.13. The van der Waals surface area contributed by atoms with Crippen LogP contribution in [0.1, 0.15) is 26.3 Å². The van der Waals surface area contributed by atoms with E-state index in [-0.39, 0.29) is 16.8 Å². The van der Waals surface area contributed by atoms with Crippen molar-refractivity contribution in [2.24, 2.45) is 0 Å². The number of nitrogens with zero attached hydrogens (tertiary/aromatic N) is 2. The Balaban J connectivity index is 1.74. The number of nitrogens with one attached hydrogen (secondary N) is 1. The van der Waals surface area contributed by atoms with Crippen molar-refractivity contribution in [3.8, 4) is 0 Å². The number of amides is 1. The fourth-order valence-electron chi connectivity index (χ4n) is 3.03. The quantitative estimate of drug-likeness (QED) is 0.349. The zero-order chi connectivity index (χ0) is 22.4. The van der Waals surface area contributed by atoms with E-state index in [1.807, 2.05) is 49.5 Å². The first-order valence-corrected chi connectivity index (χ1v) is 9.41. The summed E-state index contributed by atoms with van der Waals surface area (Å²) in [5.74, 6) is -1.33. The van der Waals surface area contributed by atoms with Crippen LogP contribution in [0.25, 0.3) is 0 Å². The average Bonchev–Trinajstić information content (AvgIpc) is 2.79. The van der Waals surface area contributed by atoms with Crippen LogP contribution in [0.4, 0.5) is 17.1 Å². The summed E-state index contributed by atoms with van der Waals surface area (Å²) >= 11 is 0. The minimum absolute atomic E-state index is 0.0140. The number of rotatable bonds is 7. The fourth-order valence-corrected chi connectivity index (χ4v) is 3.03. The smallest absolute Gasteiger partial charge is 0.338 e. The molecule has 0 bridgehead atoms.